The Balaban J connectivity index is 2.34. The second kappa shape index (κ2) is 4.41. The van der Waals surface area contributed by atoms with E-state index >= 15 is 0 Å². The van der Waals surface area contributed by atoms with E-state index in [1.165, 1.54) is 17.3 Å². The van der Waals surface area contributed by atoms with Gasteiger partial charge in [0.1, 0.15) is 17.7 Å². The fourth-order valence-corrected chi connectivity index (χ4v) is 2.98. The first kappa shape index (κ1) is 13.3. The van der Waals surface area contributed by atoms with Crippen LogP contribution in [0.5, 0.6) is 0 Å². The molecule has 10 nitrogen and oxygen atoms in total. The number of anilines is 2. The summed E-state index contributed by atoms with van der Waals surface area (Å²) in [5, 5.41) is 6.87. The highest BCUT2D eigenvalue weighted by Crippen LogP contribution is 2.29. The number of nitrogens with one attached hydrogen (secondary N) is 2. The molecule has 0 bridgehead atoms. The normalized spacial score (nSPS) is 11.9. The molecular weight excluding hydrogens is 296 g/mol. The number of H-pyrrole nitrogens is 1. The largest absolute Gasteiger partial charge is 0.382 e. The maximum absolute atomic E-state index is 11.9. The Hall–Kier alpha value is -2.69. The molecule has 0 fully saturated rings. The van der Waals surface area contributed by atoms with Crippen molar-refractivity contribution in [3.05, 3.63) is 12.7 Å². The number of hydrogen-bond donors (Lipinski definition) is 3. The quantitative estimate of drug-likeness (QED) is 0.591. The van der Waals surface area contributed by atoms with Gasteiger partial charge in [-0.3, -0.25) is 0 Å². The summed E-state index contributed by atoms with van der Waals surface area (Å²) in [4.78, 5) is 14.9. The van der Waals surface area contributed by atoms with Crippen molar-refractivity contribution in [3.8, 4) is 5.82 Å². The molecule has 0 amide bonds. The van der Waals surface area contributed by atoms with Gasteiger partial charge in [0.25, 0.3) is 0 Å². The van der Waals surface area contributed by atoms with E-state index in [9.17, 15) is 8.42 Å². The molecule has 3 rings (SSSR count). The number of sulfone groups is 1. The number of nitrogen functional groups attached to an aromatic ring is 1. The molecule has 0 unspecified atom stereocenters. The maximum atomic E-state index is 11.9. The van der Waals surface area contributed by atoms with Gasteiger partial charge in [0.05, 0.1) is 6.33 Å². The molecule has 0 spiro atoms. The highest BCUT2D eigenvalue weighted by molar-refractivity contribution is 7.91. The highest BCUT2D eigenvalue weighted by atomic mass is 32.2. The number of nitrogens with two attached hydrogens (primary N) is 1. The van der Waals surface area contributed by atoms with Gasteiger partial charge >= 0.3 is 0 Å². The second-order valence-corrected chi connectivity index (χ2v) is 6.25. The lowest BCUT2D eigenvalue weighted by atomic mass is 10.5. The lowest BCUT2D eigenvalue weighted by molar-refractivity contribution is 0.602. The van der Waals surface area contributed by atoms with Crippen LogP contribution >= 0.6 is 0 Å². The Bertz CT molecular complexity index is 926. The van der Waals surface area contributed by atoms with Crippen molar-refractivity contribution >= 4 is 32.6 Å². The molecule has 0 aliphatic rings. The summed E-state index contributed by atoms with van der Waals surface area (Å²) in [6.45, 7) is 0. The molecular formula is C10H12N8O2S. The number of fused-ring (bicyclic) bond motifs is 1. The van der Waals surface area contributed by atoms with Crippen LogP contribution in [0.2, 0.25) is 0 Å². The monoisotopic (exact) mass is 308 g/mol. The third kappa shape index (κ3) is 1.98. The Morgan fingerprint density at radius 2 is 2.10 bits per heavy atom. The third-order valence-electron chi connectivity index (χ3n) is 2.89. The van der Waals surface area contributed by atoms with Gasteiger partial charge in [-0.2, -0.15) is 4.68 Å². The zero-order chi connectivity index (χ0) is 15.2. The average molecular weight is 308 g/mol. The van der Waals surface area contributed by atoms with Crippen molar-refractivity contribution in [3.63, 3.8) is 0 Å². The van der Waals surface area contributed by atoms with Gasteiger partial charge in [0.2, 0.25) is 0 Å². The number of nitrogens with zero attached hydrogens (tertiary/aromatic N) is 5. The molecule has 0 saturated carbocycles. The fraction of sp³-hybridized carbons (Fsp3) is 0.200. The van der Waals surface area contributed by atoms with E-state index in [1.54, 1.807) is 7.05 Å². The summed E-state index contributed by atoms with van der Waals surface area (Å²) in [6, 6.07) is 0. The van der Waals surface area contributed by atoms with Gasteiger partial charge in [-0.05, 0) is 0 Å². The lowest BCUT2D eigenvalue weighted by Gasteiger charge is -2.03. The number of rotatable bonds is 3. The smallest absolute Gasteiger partial charge is 0.185 e. The number of aromatic amines is 1. The van der Waals surface area contributed by atoms with E-state index < -0.39 is 9.84 Å². The number of hydrogen-bond acceptors (Lipinski definition) is 8. The fourth-order valence-electron chi connectivity index (χ4n) is 2.02. The van der Waals surface area contributed by atoms with Crippen LogP contribution < -0.4 is 11.1 Å². The molecule has 0 radical (unpaired) electrons. The molecule has 21 heavy (non-hydrogen) atoms. The first-order chi connectivity index (χ1) is 9.93. The van der Waals surface area contributed by atoms with Crippen molar-refractivity contribution in [2.24, 2.45) is 0 Å². The second-order valence-electron chi connectivity index (χ2n) is 4.30. The Morgan fingerprint density at radius 3 is 2.71 bits per heavy atom. The molecule has 0 aliphatic heterocycles. The Labute approximate surface area is 119 Å². The summed E-state index contributed by atoms with van der Waals surface area (Å²) in [5.74, 6) is 0.444. The van der Waals surface area contributed by atoms with Crippen molar-refractivity contribution in [1.29, 1.82) is 0 Å². The lowest BCUT2D eigenvalue weighted by Crippen LogP contribution is -2.08. The summed E-state index contributed by atoms with van der Waals surface area (Å²) in [5.41, 5.74) is 6.89. The van der Waals surface area contributed by atoms with Crippen molar-refractivity contribution in [2.75, 3.05) is 24.4 Å². The maximum Gasteiger partial charge on any atom is 0.185 e. The standard InChI is InChI=1S/C10H12N8O2S/c1-12-9-6(21(2,19)20)7(11)18(17-9)10-5-8(14-3-13-5)15-4-16-10/h3-4H,11H2,1-2H3,(H,12,17)(H,13,14,15,16). The summed E-state index contributed by atoms with van der Waals surface area (Å²) in [7, 11) is -1.98. The SMILES string of the molecule is CNc1nn(-c2ncnc3nc[nH]c23)c(N)c1S(C)(=O)=O. The van der Waals surface area contributed by atoms with E-state index in [2.05, 4.69) is 30.4 Å². The first-order valence-corrected chi connectivity index (χ1v) is 7.73. The molecule has 0 saturated heterocycles. The van der Waals surface area contributed by atoms with E-state index in [-0.39, 0.29) is 16.5 Å². The van der Waals surface area contributed by atoms with Crippen LogP contribution in [0.4, 0.5) is 11.6 Å². The predicted octanol–water partition coefficient (Wildman–Crippen LogP) is -0.434. The molecule has 11 heteroatoms. The van der Waals surface area contributed by atoms with Gasteiger partial charge in [0.15, 0.2) is 32.0 Å². The van der Waals surface area contributed by atoms with Crippen LogP contribution in [-0.2, 0) is 9.84 Å². The van der Waals surface area contributed by atoms with Crippen LogP contribution in [0.3, 0.4) is 0 Å². The minimum Gasteiger partial charge on any atom is -0.382 e. The van der Waals surface area contributed by atoms with E-state index in [4.69, 9.17) is 5.73 Å². The molecule has 4 N–H and O–H groups in total. The van der Waals surface area contributed by atoms with Gasteiger partial charge in [-0.1, -0.05) is 0 Å². The van der Waals surface area contributed by atoms with Gasteiger partial charge < -0.3 is 16.0 Å². The van der Waals surface area contributed by atoms with Gasteiger partial charge in [-0.15, -0.1) is 5.10 Å². The van der Waals surface area contributed by atoms with Gasteiger partial charge in [-0.25, -0.2) is 23.4 Å². The van der Waals surface area contributed by atoms with E-state index in [0.717, 1.165) is 6.26 Å². The summed E-state index contributed by atoms with van der Waals surface area (Å²) < 4.78 is 25.0. The van der Waals surface area contributed by atoms with E-state index in [0.29, 0.717) is 17.0 Å². The summed E-state index contributed by atoms with van der Waals surface area (Å²) >= 11 is 0. The van der Waals surface area contributed by atoms with Crippen molar-refractivity contribution in [1.82, 2.24) is 29.7 Å². The minimum absolute atomic E-state index is 0.0311. The highest BCUT2D eigenvalue weighted by Gasteiger charge is 2.25. The van der Waals surface area contributed by atoms with E-state index in [1.807, 2.05) is 0 Å². The molecule has 3 aromatic rings. The first-order valence-electron chi connectivity index (χ1n) is 5.84. The molecule has 3 heterocycles. The summed E-state index contributed by atoms with van der Waals surface area (Å²) in [6.07, 6.45) is 3.83. The van der Waals surface area contributed by atoms with Crippen LogP contribution in [0.1, 0.15) is 0 Å². The third-order valence-corrected chi connectivity index (χ3v) is 4.03. The zero-order valence-corrected chi connectivity index (χ0v) is 12.0. The minimum atomic E-state index is -3.54. The van der Waals surface area contributed by atoms with Crippen LogP contribution in [0, 0.1) is 0 Å². The van der Waals surface area contributed by atoms with Crippen molar-refractivity contribution in [2.45, 2.75) is 4.90 Å². The van der Waals surface area contributed by atoms with Crippen LogP contribution in [0.15, 0.2) is 17.6 Å². The predicted molar refractivity (Wildman–Crippen MR) is 75.9 cm³/mol. The van der Waals surface area contributed by atoms with Crippen molar-refractivity contribution < 1.29 is 8.42 Å². The van der Waals surface area contributed by atoms with Gasteiger partial charge in [0, 0.05) is 13.3 Å². The molecule has 0 atom stereocenters. The topological polar surface area (TPSA) is 144 Å². The average Bonchev–Trinajstić information content (AvgIpc) is 3.01. The zero-order valence-electron chi connectivity index (χ0n) is 11.2. The molecule has 0 aromatic carbocycles. The Kier molecular flexibility index (Phi) is 2.79. The number of imidazole rings is 1. The molecule has 0 aliphatic carbocycles. The molecule has 110 valence electrons. The number of aromatic nitrogens is 6. The van der Waals surface area contributed by atoms with Crippen LogP contribution in [0.25, 0.3) is 17.0 Å². The molecule has 3 aromatic heterocycles. The Morgan fingerprint density at radius 1 is 1.33 bits per heavy atom. The van der Waals surface area contributed by atoms with Crippen LogP contribution in [-0.4, -0.2) is 51.4 Å².